The van der Waals surface area contributed by atoms with E-state index in [1.54, 1.807) is 42.5 Å². The number of nitrogens with zero attached hydrogens (tertiary/aromatic N) is 5. The van der Waals surface area contributed by atoms with E-state index in [1.165, 1.54) is 19.0 Å². The maximum atomic E-state index is 15.4. The van der Waals surface area contributed by atoms with Crippen LogP contribution in [0.4, 0.5) is 8.78 Å². The number of aromatic nitrogens is 3. The van der Waals surface area contributed by atoms with Gasteiger partial charge in [0.1, 0.15) is 33.4 Å². The van der Waals surface area contributed by atoms with Gasteiger partial charge in [0.25, 0.3) is 23.9 Å². The van der Waals surface area contributed by atoms with Crippen LogP contribution in [0.2, 0.25) is 10.2 Å². The Hall–Kier alpha value is -5.76. The number of pyridine rings is 3. The minimum atomic E-state index is -1.07. The molecule has 5 aliphatic heterocycles. The molecule has 0 bridgehead atoms. The zero-order valence-corrected chi connectivity index (χ0v) is 39.6. The SMILES string of the molecule is NC1=N[C@@]2(CCO1)c1cc(Br)ccc1Oc1c2cc(Cl)nc1F.NC1=N[C@@]2(CCO1)c1cc(CC(=O)c3ccc(Cl)cn3)ccc1Oc1c2cc(C2=CCCOC2)nc1F.N[C@H]1CCCC[C@@H]1N. The molecule has 6 aliphatic rings. The van der Waals surface area contributed by atoms with Crippen molar-refractivity contribution >= 4 is 62.5 Å². The van der Waals surface area contributed by atoms with Crippen molar-refractivity contribution in [1.29, 1.82) is 0 Å². The molecule has 15 nitrogen and oxygen atoms in total. The Morgan fingerprint density at radius 3 is 1.97 bits per heavy atom. The van der Waals surface area contributed by atoms with Crippen molar-refractivity contribution in [3.8, 4) is 23.0 Å². The van der Waals surface area contributed by atoms with Crippen molar-refractivity contribution in [3.63, 3.8) is 0 Å². The Kier molecular flexibility index (Phi) is 13.7. The lowest BCUT2D eigenvalue weighted by atomic mass is 9.77. The third kappa shape index (κ3) is 9.49. The molecule has 4 atom stereocenters. The zero-order chi connectivity index (χ0) is 47.7. The van der Waals surface area contributed by atoms with E-state index in [4.69, 9.17) is 74.8 Å². The Morgan fingerprint density at radius 1 is 0.765 bits per heavy atom. The number of rotatable bonds is 4. The van der Waals surface area contributed by atoms with Gasteiger partial charge >= 0.3 is 0 Å². The number of halogens is 5. The second-order valence-corrected chi connectivity index (χ2v) is 18.7. The van der Waals surface area contributed by atoms with E-state index < -0.39 is 23.0 Å². The van der Waals surface area contributed by atoms with E-state index in [9.17, 15) is 9.18 Å². The lowest BCUT2D eigenvalue weighted by Gasteiger charge is -2.39. The van der Waals surface area contributed by atoms with Crippen molar-refractivity contribution in [2.45, 2.75) is 74.5 Å². The number of nitrogens with two attached hydrogens (primary N) is 4. The number of hydrogen-bond acceptors (Lipinski definition) is 15. The molecule has 1 aliphatic carbocycles. The van der Waals surface area contributed by atoms with E-state index >= 15 is 4.39 Å². The third-order valence-electron chi connectivity index (χ3n) is 12.5. The molecule has 11 rings (SSSR count). The number of ketones is 1. The molecule has 1 fully saturated rings. The summed E-state index contributed by atoms with van der Waals surface area (Å²) >= 11 is 15.3. The van der Waals surface area contributed by atoms with E-state index in [2.05, 4.69) is 35.9 Å². The molecule has 3 aromatic heterocycles. The van der Waals surface area contributed by atoms with E-state index in [0.29, 0.717) is 77.3 Å². The summed E-state index contributed by atoms with van der Waals surface area (Å²) < 4.78 is 58.5. The lowest BCUT2D eigenvalue weighted by Crippen LogP contribution is -2.43. The summed E-state index contributed by atoms with van der Waals surface area (Å²) in [6.45, 7) is 1.58. The van der Waals surface area contributed by atoms with Crippen molar-refractivity contribution in [1.82, 2.24) is 15.0 Å². The monoisotopic (exact) mass is 1030 g/mol. The highest BCUT2D eigenvalue weighted by molar-refractivity contribution is 9.10. The Labute approximate surface area is 408 Å². The van der Waals surface area contributed by atoms with Gasteiger partial charge in [-0.25, -0.2) is 20.0 Å². The van der Waals surface area contributed by atoms with Crippen LogP contribution in [0, 0.1) is 11.9 Å². The smallest absolute Gasteiger partial charge is 0.283 e. The number of Topliss-reactive ketones (excluding diaryl/α,β-unsaturated/α-hetero) is 1. The molecule has 5 aromatic rings. The van der Waals surface area contributed by atoms with Gasteiger partial charge in [-0.3, -0.25) is 9.78 Å². The summed E-state index contributed by atoms with van der Waals surface area (Å²) in [5.74, 6) is -0.746. The van der Waals surface area contributed by atoms with E-state index in [-0.39, 0.29) is 59.6 Å². The lowest BCUT2D eigenvalue weighted by molar-refractivity contribution is 0.0988. The number of aliphatic imine (C=N–C) groups is 2. The summed E-state index contributed by atoms with van der Waals surface area (Å²) in [6.07, 6.45) is 9.93. The molecule has 2 spiro atoms. The van der Waals surface area contributed by atoms with Crippen molar-refractivity contribution in [2.24, 2.45) is 32.9 Å². The number of carbonyl (C=O) groups is 1. The maximum Gasteiger partial charge on any atom is 0.283 e. The standard InChI is InChI=1S/C27H22ClFN4O4.C15H10BrClFN3O2.C6H14N2/c28-17-4-5-20(31-13-17)22(34)11-15-3-6-23-18(10-15)27(7-9-36-26(30)33-27)19-12-21(16-2-1-8-35-14-16)32-25(29)24(19)37-23;16-7-1-2-10-8(5-7)15(3-4-22-14(19)21-15)9-6-11(17)20-13(18)12(9)23-10;7-5-3-1-2-4-6(5)8/h2-6,10,12-13H,1,7-9,11,14H2,(H2,30,33);1-2,5-6H,3-4H2,(H2,19,21);5-6H,1-4,7-8H2/t27-;15-;5-,6-/m000/s1. The number of amidine groups is 2. The van der Waals surface area contributed by atoms with E-state index in [1.807, 2.05) is 24.3 Å². The van der Waals surface area contributed by atoms with Gasteiger partial charge in [0, 0.05) is 64.3 Å². The van der Waals surface area contributed by atoms with Crippen LogP contribution in [0.5, 0.6) is 23.0 Å². The van der Waals surface area contributed by atoms with Crippen LogP contribution >= 0.6 is 39.1 Å². The predicted octanol–water partition coefficient (Wildman–Crippen LogP) is 8.52. The van der Waals surface area contributed by atoms with Crippen molar-refractivity contribution in [2.75, 3.05) is 26.4 Å². The fourth-order valence-electron chi connectivity index (χ4n) is 9.15. The van der Waals surface area contributed by atoms with Crippen LogP contribution in [0.15, 0.2) is 87.4 Å². The highest BCUT2D eigenvalue weighted by Crippen LogP contribution is 2.55. The van der Waals surface area contributed by atoms with Crippen molar-refractivity contribution < 1.29 is 37.3 Å². The third-order valence-corrected chi connectivity index (χ3v) is 13.5. The average molecular weight is 1030 g/mol. The van der Waals surface area contributed by atoms with Gasteiger partial charge in [-0.05, 0) is 85.0 Å². The normalized spacial score (nSPS) is 23.0. The van der Waals surface area contributed by atoms with Gasteiger partial charge in [-0.1, -0.05) is 64.1 Å². The van der Waals surface area contributed by atoms with Crippen LogP contribution in [0.25, 0.3) is 5.57 Å². The second-order valence-electron chi connectivity index (χ2n) is 16.9. The Balaban J connectivity index is 0.000000157. The summed E-state index contributed by atoms with van der Waals surface area (Å²) in [6, 6.07) is 17.9. The molecule has 0 unspecified atom stereocenters. The second kappa shape index (κ2) is 19.7. The predicted molar refractivity (Wildman–Crippen MR) is 255 cm³/mol. The molecule has 8 heterocycles. The van der Waals surface area contributed by atoms with Crippen LogP contribution in [0.3, 0.4) is 0 Å². The molecule has 20 heteroatoms. The maximum absolute atomic E-state index is 15.4. The van der Waals surface area contributed by atoms with Crippen LogP contribution in [0.1, 0.15) is 88.9 Å². The molecular weight excluding hydrogens is 987 g/mol. The molecular formula is C48H46BrCl2F2N9O6. The van der Waals surface area contributed by atoms with Gasteiger partial charge in [0.2, 0.25) is 0 Å². The van der Waals surface area contributed by atoms with Gasteiger partial charge in [0.05, 0.1) is 37.1 Å². The van der Waals surface area contributed by atoms with Gasteiger partial charge in [0.15, 0.2) is 17.3 Å². The molecule has 0 amide bonds. The molecule has 0 radical (unpaired) electrons. The molecule has 1 saturated carbocycles. The summed E-state index contributed by atoms with van der Waals surface area (Å²) in [4.78, 5) is 34.0. The first kappa shape index (κ1) is 47.3. The molecule has 2 aromatic carbocycles. The number of ether oxygens (including phenoxy) is 5. The largest absolute Gasteiger partial charge is 0.465 e. The van der Waals surface area contributed by atoms with E-state index in [0.717, 1.165) is 40.4 Å². The first-order valence-corrected chi connectivity index (χ1v) is 23.5. The van der Waals surface area contributed by atoms with Gasteiger partial charge in [-0.2, -0.15) is 8.78 Å². The highest BCUT2D eigenvalue weighted by atomic mass is 79.9. The molecule has 8 N–H and O–H groups in total. The summed E-state index contributed by atoms with van der Waals surface area (Å²) in [7, 11) is 0. The van der Waals surface area contributed by atoms with Crippen LogP contribution in [-0.4, -0.2) is 71.3 Å². The number of benzene rings is 2. The van der Waals surface area contributed by atoms with Gasteiger partial charge < -0.3 is 46.6 Å². The quantitative estimate of drug-likeness (QED) is 0.0978. The highest BCUT2D eigenvalue weighted by Gasteiger charge is 2.48. The minimum Gasteiger partial charge on any atom is -0.465 e. The topological polar surface area (TPSA) is 231 Å². The fourth-order valence-corrected chi connectivity index (χ4v) is 9.81. The van der Waals surface area contributed by atoms with Crippen LogP contribution in [-0.2, 0) is 31.7 Å². The molecule has 68 heavy (non-hydrogen) atoms. The number of carbonyl (C=O) groups excluding carboxylic acids is 1. The summed E-state index contributed by atoms with van der Waals surface area (Å²) in [5, 5.41) is 0.484. The van der Waals surface area contributed by atoms with Gasteiger partial charge in [-0.15, -0.1) is 0 Å². The average Bonchev–Trinajstić information content (AvgIpc) is 3.32. The van der Waals surface area contributed by atoms with Crippen LogP contribution < -0.4 is 32.4 Å². The fraction of sp³-hybridized carbons (Fsp3) is 0.333. The minimum absolute atomic E-state index is 0.00113. The molecule has 354 valence electrons. The van der Waals surface area contributed by atoms with Crippen molar-refractivity contribution in [3.05, 3.63) is 139 Å². The first-order valence-electron chi connectivity index (χ1n) is 22.0. The first-order chi connectivity index (χ1) is 32.7. The number of hydrogen-bond donors (Lipinski definition) is 4. The zero-order valence-electron chi connectivity index (χ0n) is 36.5. The summed E-state index contributed by atoms with van der Waals surface area (Å²) in [5.41, 5.74) is 25.9. The number of fused-ring (bicyclic) bond motifs is 8. The Morgan fingerprint density at radius 2 is 1.38 bits per heavy atom. The Bertz CT molecular complexity index is 2870. The molecule has 0 saturated heterocycles.